The van der Waals surface area contributed by atoms with Crippen molar-refractivity contribution in [2.45, 2.75) is 0 Å². The fourth-order valence-corrected chi connectivity index (χ4v) is 1.09. The molecule has 0 saturated carbocycles. The van der Waals surface area contributed by atoms with Crippen LogP contribution in [0.15, 0.2) is 30.7 Å². The van der Waals surface area contributed by atoms with Crippen LogP contribution in [0.25, 0.3) is 0 Å². The Morgan fingerprint density at radius 1 is 1.40 bits per heavy atom. The van der Waals surface area contributed by atoms with E-state index in [9.17, 15) is 4.79 Å². The number of hydrogen-bond donors (Lipinski definition) is 1. The Morgan fingerprint density at radius 2 is 2.13 bits per heavy atom. The lowest BCUT2D eigenvalue weighted by atomic mass is 10.2. The van der Waals surface area contributed by atoms with E-state index in [1.54, 1.807) is 31.6 Å². The van der Waals surface area contributed by atoms with Crippen LogP contribution in [-0.2, 0) is 7.05 Å². The molecule has 0 aliphatic heterocycles. The lowest BCUT2D eigenvalue weighted by Crippen LogP contribution is -2.12. The van der Waals surface area contributed by atoms with E-state index in [0.29, 0.717) is 11.4 Å². The van der Waals surface area contributed by atoms with E-state index in [2.05, 4.69) is 20.5 Å². The second-order valence-electron chi connectivity index (χ2n) is 2.91. The highest BCUT2D eigenvalue weighted by atomic mass is 16.1. The number of rotatable bonds is 2. The van der Waals surface area contributed by atoms with Crippen LogP contribution >= 0.6 is 0 Å². The number of nitrogens with zero attached hydrogens (tertiary/aromatic N) is 4. The van der Waals surface area contributed by atoms with Crippen LogP contribution in [0.4, 0.5) is 5.82 Å². The van der Waals surface area contributed by atoms with E-state index in [1.807, 2.05) is 0 Å². The molecule has 0 radical (unpaired) electrons. The van der Waals surface area contributed by atoms with Crippen LogP contribution < -0.4 is 5.32 Å². The summed E-state index contributed by atoms with van der Waals surface area (Å²) in [5.41, 5.74) is 0.538. The lowest BCUT2D eigenvalue weighted by Gasteiger charge is -1.99. The molecule has 1 N–H and O–H groups in total. The summed E-state index contributed by atoms with van der Waals surface area (Å²) in [7, 11) is 1.68. The van der Waals surface area contributed by atoms with Crippen LogP contribution in [0.5, 0.6) is 0 Å². The zero-order valence-electron chi connectivity index (χ0n) is 8.08. The molecule has 6 nitrogen and oxygen atoms in total. The first-order valence-electron chi connectivity index (χ1n) is 4.33. The fourth-order valence-electron chi connectivity index (χ4n) is 1.09. The molecule has 15 heavy (non-hydrogen) atoms. The molecule has 1 amide bonds. The summed E-state index contributed by atoms with van der Waals surface area (Å²) in [4.78, 5) is 16.8. The molecule has 2 aromatic heterocycles. The van der Waals surface area contributed by atoms with Crippen molar-refractivity contribution < 1.29 is 4.79 Å². The number of hydrogen-bond acceptors (Lipinski definition) is 4. The van der Waals surface area contributed by atoms with Crippen LogP contribution in [-0.4, -0.2) is 25.9 Å². The van der Waals surface area contributed by atoms with E-state index in [-0.39, 0.29) is 5.91 Å². The maximum absolute atomic E-state index is 11.6. The number of aromatic nitrogens is 4. The number of nitrogens with one attached hydrogen (secondary N) is 1. The molecule has 0 atom stereocenters. The second-order valence-corrected chi connectivity index (χ2v) is 2.91. The van der Waals surface area contributed by atoms with Crippen molar-refractivity contribution in [3.8, 4) is 0 Å². The van der Waals surface area contributed by atoms with E-state index in [4.69, 9.17) is 0 Å². The third kappa shape index (κ3) is 2.16. The molecule has 0 saturated heterocycles. The van der Waals surface area contributed by atoms with Gasteiger partial charge in [0.25, 0.3) is 5.91 Å². The lowest BCUT2D eigenvalue weighted by molar-refractivity contribution is 0.102. The first kappa shape index (κ1) is 9.32. The number of amides is 1. The van der Waals surface area contributed by atoms with Gasteiger partial charge in [-0.1, -0.05) is 0 Å². The molecule has 2 aromatic rings. The van der Waals surface area contributed by atoms with E-state index in [1.165, 1.54) is 11.0 Å². The van der Waals surface area contributed by atoms with Crippen LogP contribution in [0.1, 0.15) is 10.4 Å². The maximum atomic E-state index is 11.6. The molecular weight excluding hydrogens is 194 g/mol. The van der Waals surface area contributed by atoms with Crippen molar-refractivity contribution in [2.24, 2.45) is 7.05 Å². The second kappa shape index (κ2) is 3.87. The van der Waals surface area contributed by atoms with Gasteiger partial charge in [0.1, 0.15) is 0 Å². The van der Waals surface area contributed by atoms with Crippen molar-refractivity contribution in [1.29, 1.82) is 0 Å². The minimum Gasteiger partial charge on any atom is -0.304 e. The predicted octanol–water partition coefficient (Wildman–Crippen LogP) is 0.462. The Labute approximate surface area is 85.9 Å². The zero-order chi connectivity index (χ0) is 10.7. The monoisotopic (exact) mass is 203 g/mol. The number of anilines is 1. The standard InChI is InChI=1S/C9H9N5O/c1-14-11-6-8(13-14)12-9(15)7-2-4-10-5-3-7/h2-6H,1H3,(H,12,13,15). The summed E-state index contributed by atoms with van der Waals surface area (Å²) >= 11 is 0. The largest absolute Gasteiger partial charge is 0.304 e. The quantitative estimate of drug-likeness (QED) is 0.769. The fraction of sp³-hybridized carbons (Fsp3) is 0.111. The summed E-state index contributed by atoms with van der Waals surface area (Å²) in [5.74, 6) is 0.206. The average molecular weight is 203 g/mol. The predicted molar refractivity (Wildman–Crippen MR) is 53.2 cm³/mol. The van der Waals surface area contributed by atoms with Crippen molar-refractivity contribution in [1.82, 2.24) is 20.0 Å². The van der Waals surface area contributed by atoms with Gasteiger partial charge in [-0.05, 0) is 12.1 Å². The van der Waals surface area contributed by atoms with E-state index in [0.717, 1.165) is 0 Å². The van der Waals surface area contributed by atoms with Crippen molar-refractivity contribution in [2.75, 3.05) is 5.32 Å². The molecule has 0 spiro atoms. The first-order chi connectivity index (χ1) is 7.25. The highest BCUT2D eigenvalue weighted by Gasteiger charge is 2.06. The highest BCUT2D eigenvalue weighted by molar-refractivity contribution is 6.03. The summed E-state index contributed by atoms with van der Waals surface area (Å²) in [6, 6.07) is 3.26. The molecule has 0 aromatic carbocycles. The molecule has 76 valence electrons. The van der Waals surface area contributed by atoms with Crippen LogP contribution in [0.2, 0.25) is 0 Å². The van der Waals surface area contributed by atoms with Gasteiger partial charge in [0.15, 0.2) is 5.82 Å². The molecule has 0 fully saturated rings. The third-order valence-corrected chi connectivity index (χ3v) is 1.78. The normalized spacial score (nSPS) is 9.93. The van der Waals surface area contributed by atoms with Crippen LogP contribution in [0, 0.1) is 0 Å². The van der Waals surface area contributed by atoms with Crippen molar-refractivity contribution >= 4 is 11.7 Å². The van der Waals surface area contributed by atoms with Gasteiger partial charge in [0, 0.05) is 25.0 Å². The molecule has 2 heterocycles. The average Bonchev–Trinajstić information content (AvgIpc) is 2.65. The number of aryl methyl sites for hydroxylation is 1. The van der Waals surface area contributed by atoms with E-state index < -0.39 is 0 Å². The van der Waals surface area contributed by atoms with Crippen LogP contribution in [0.3, 0.4) is 0 Å². The minimum atomic E-state index is -0.224. The summed E-state index contributed by atoms with van der Waals surface area (Å²) < 4.78 is 0. The topological polar surface area (TPSA) is 72.7 Å². The summed E-state index contributed by atoms with van der Waals surface area (Å²) in [5, 5.41) is 10.4. The van der Waals surface area contributed by atoms with Gasteiger partial charge in [-0.3, -0.25) is 9.78 Å². The van der Waals surface area contributed by atoms with Gasteiger partial charge < -0.3 is 5.32 Å². The Balaban J connectivity index is 2.11. The zero-order valence-corrected chi connectivity index (χ0v) is 8.08. The molecular formula is C9H9N5O. The molecule has 0 aliphatic carbocycles. The Bertz CT molecular complexity index is 464. The summed E-state index contributed by atoms with van der Waals surface area (Å²) in [6.07, 6.45) is 4.61. The smallest absolute Gasteiger partial charge is 0.257 e. The van der Waals surface area contributed by atoms with Gasteiger partial charge in [-0.25, -0.2) is 0 Å². The van der Waals surface area contributed by atoms with Gasteiger partial charge in [-0.15, -0.1) is 5.10 Å². The van der Waals surface area contributed by atoms with Gasteiger partial charge >= 0.3 is 0 Å². The van der Waals surface area contributed by atoms with Crippen molar-refractivity contribution in [3.63, 3.8) is 0 Å². The first-order valence-corrected chi connectivity index (χ1v) is 4.33. The Kier molecular flexibility index (Phi) is 2.40. The molecule has 2 rings (SSSR count). The summed E-state index contributed by atoms with van der Waals surface area (Å²) in [6.45, 7) is 0. The van der Waals surface area contributed by atoms with Gasteiger partial charge in [0.2, 0.25) is 0 Å². The molecule has 0 aliphatic rings. The maximum Gasteiger partial charge on any atom is 0.257 e. The van der Waals surface area contributed by atoms with E-state index >= 15 is 0 Å². The Morgan fingerprint density at radius 3 is 2.73 bits per heavy atom. The molecule has 0 bridgehead atoms. The van der Waals surface area contributed by atoms with Gasteiger partial charge in [0.05, 0.1) is 6.20 Å². The van der Waals surface area contributed by atoms with Gasteiger partial charge in [-0.2, -0.15) is 9.90 Å². The number of carbonyl (C=O) groups is 1. The molecule has 0 unspecified atom stereocenters. The molecule has 6 heteroatoms. The highest BCUT2D eigenvalue weighted by Crippen LogP contribution is 2.03. The minimum absolute atomic E-state index is 0.224. The SMILES string of the molecule is Cn1ncc(NC(=O)c2ccncc2)n1. The third-order valence-electron chi connectivity index (χ3n) is 1.78. The number of carbonyl (C=O) groups excluding carboxylic acids is 1. The Hall–Kier alpha value is -2.24. The van der Waals surface area contributed by atoms with Crippen molar-refractivity contribution in [3.05, 3.63) is 36.3 Å². The number of pyridine rings is 1.